The van der Waals surface area contributed by atoms with Gasteiger partial charge in [0.1, 0.15) is 5.75 Å². The molecule has 4 heteroatoms. The molecule has 1 aromatic carbocycles. The van der Waals surface area contributed by atoms with E-state index in [1.54, 1.807) is 13.0 Å². The highest BCUT2D eigenvalue weighted by molar-refractivity contribution is 6.35. The van der Waals surface area contributed by atoms with Crippen molar-refractivity contribution in [2.75, 3.05) is 6.61 Å². The van der Waals surface area contributed by atoms with Gasteiger partial charge in [0.15, 0.2) is 5.78 Å². The summed E-state index contributed by atoms with van der Waals surface area (Å²) in [7, 11) is 0. The molecule has 0 aromatic heterocycles. The van der Waals surface area contributed by atoms with E-state index in [1.165, 1.54) is 0 Å². The van der Waals surface area contributed by atoms with Crippen LogP contribution in [-0.2, 0) is 0 Å². The molecular weight excluding hydrogens is 271 g/mol. The number of carbonyl (C=O) groups is 1. The van der Waals surface area contributed by atoms with Gasteiger partial charge in [0, 0.05) is 5.02 Å². The van der Waals surface area contributed by atoms with Gasteiger partial charge in [-0.1, -0.05) is 25.4 Å². The zero-order chi connectivity index (χ0) is 13.9. The lowest BCUT2D eigenvalue weighted by atomic mass is 9.96. The molecule has 0 bridgehead atoms. The summed E-state index contributed by atoms with van der Waals surface area (Å²) in [4.78, 5) is 12.1. The van der Waals surface area contributed by atoms with Crippen LogP contribution in [0.15, 0.2) is 12.1 Å². The molecule has 0 amide bonds. The molecule has 1 atom stereocenters. The third-order valence-corrected chi connectivity index (χ3v) is 3.04. The number of halogens is 2. The molecular formula is C14H18Cl2O2. The van der Waals surface area contributed by atoms with Gasteiger partial charge < -0.3 is 4.74 Å². The molecule has 0 aliphatic rings. The van der Waals surface area contributed by atoms with Crippen LogP contribution in [-0.4, -0.2) is 17.8 Å². The average molecular weight is 289 g/mol. The number of Topliss-reactive ketones (excluding diaryl/α,β-unsaturated/α-hetero) is 1. The molecule has 0 saturated carbocycles. The molecule has 1 unspecified atom stereocenters. The van der Waals surface area contributed by atoms with Crippen LogP contribution < -0.4 is 4.74 Å². The van der Waals surface area contributed by atoms with Gasteiger partial charge >= 0.3 is 0 Å². The lowest BCUT2D eigenvalue weighted by Gasteiger charge is -2.18. The number of carbonyl (C=O) groups excluding carboxylic acids is 1. The fraction of sp³-hybridized carbons (Fsp3) is 0.500. The second-order valence-electron chi connectivity index (χ2n) is 4.44. The summed E-state index contributed by atoms with van der Waals surface area (Å²) in [5.74, 6) is 0.668. The standard InChI is InChI=1S/C14H18Cl2O2/c1-5-18-14-11(8(2)3)6-10(16)7-12(14)13(17)9(4)15/h6-9H,5H2,1-4H3. The summed E-state index contributed by atoms with van der Waals surface area (Å²) >= 11 is 11.9. The number of benzene rings is 1. The summed E-state index contributed by atoms with van der Waals surface area (Å²) in [5.41, 5.74) is 1.40. The molecule has 2 nitrogen and oxygen atoms in total. The van der Waals surface area contributed by atoms with Crippen LogP contribution in [0.2, 0.25) is 5.02 Å². The molecule has 0 N–H and O–H groups in total. The van der Waals surface area contributed by atoms with Crippen LogP contribution >= 0.6 is 23.2 Å². The third-order valence-electron chi connectivity index (χ3n) is 2.62. The number of hydrogen-bond donors (Lipinski definition) is 0. The lowest BCUT2D eigenvalue weighted by molar-refractivity contribution is 0.0988. The fourth-order valence-corrected chi connectivity index (χ4v) is 2.09. The first-order valence-electron chi connectivity index (χ1n) is 6.03. The van der Waals surface area contributed by atoms with Crippen molar-refractivity contribution in [3.8, 4) is 5.75 Å². The number of ether oxygens (including phenoxy) is 1. The Labute approximate surface area is 118 Å². The van der Waals surface area contributed by atoms with E-state index in [1.807, 2.05) is 26.8 Å². The highest BCUT2D eigenvalue weighted by atomic mass is 35.5. The molecule has 0 heterocycles. The summed E-state index contributed by atoms with van der Waals surface area (Å²) in [6, 6.07) is 3.46. The minimum Gasteiger partial charge on any atom is -0.493 e. The molecule has 100 valence electrons. The van der Waals surface area contributed by atoms with E-state index >= 15 is 0 Å². The van der Waals surface area contributed by atoms with Gasteiger partial charge in [-0.15, -0.1) is 11.6 Å². The first-order chi connectivity index (χ1) is 8.38. The van der Waals surface area contributed by atoms with Crippen molar-refractivity contribution in [1.29, 1.82) is 0 Å². The fourth-order valence-electron chi connectivity index (χ4n) is 1.75. The second-order valence-corrected chi connectivity index (χ2v) is 5.53. The Bertz CT molecular complexity index is 440. The van der Waals surface area contributed by atoms with Crippen LogP contribution in [0.5, 0.6) is 5.75 Å². The molecule has 0 aliphatic heterocycles. The van der Waals surface area contributed by atoms with Gasteiger partial charge in [0.05, 0.1) is 17.5 Å². The molecule has 0 radical (unpaired) electrons. The first-order valence-corrected chi connectivity index (χ1v) is 6.84. The van der Waals surface area contributed by atoms with E-state index in [-0.39, 0.29) is 11.7 Å². The van der Waals surface area contributed by atoms with Crippen LogP contribution in [0.3, 0.4) is 0 Å². The van der Waals surface area contributed by atoms with Crippen molar-refractivity contribution in [3.05, 3.63) is 28.3 Å². The normalized spacial score (nSPS) is 12.6. The summed E-state index contributed by atoms with van der Waals surface area (Å²) in [6.07, 6.45) is 0. The Morgan fingerprint density at radius 2 is 1.94 bits per heavy atom. The van der Waals surface area contributed by atoms with Gasteiger partial charge in [-0.25, -0.2) is 0 Å². The molecule has 0 spiro atoms. The van der Waals surface area contributed by atoms with Crippen molar-refractivity contribution in [1.82, 2.24) is 0 Å². The van der Waals surface area contributed by atoms with E-state index in [0.717, 1.165) is 5.56 Å². The van der Waals surface area contributed by atoms with Gasteiger partial charge in [0.2, 0.25) is 0 Å². The summed E-state index contributed by atoms with van der Waals surface area (Å²) in [6.45, 7) is 8.10. The van der Waals surface area contributed by atoms with Gasteiger partial charge in [-0.05, 0) is 37.5 Å². The maximum atomic E-state index is 12.1. The van der Waals surface area contributed by atoms with Crippen LogP contribution in [0.4, 0.5) is 0 Å². The predicted molar refractivity (Wildman–Crippen MR) is 76.4 cm³/mol. The van der Waals surface area contributed by atoms with E-state index in [4.69, 9.17) is 27.9 Å². The van der Waals surface area contributed by atoms with Crippen molar-refractivity contribution >= 4 is 29.0 Å². The minimum absolute atomic E-state index is 0.162. The second kappa shape index (κ2) is 6.44. The monoisotopic (exact) mass is 288 g/mol. The maximum Gasteiger partial charge on any atom is 0.184 e. The first kappa shape index (κ1) is 15.3. The predicted octanol–water partition coefficient (Wildman–Crippen LogP) is 4.67. The quantitative estimate of drug-likeness (QED) is 0.581. The maximum absolute atomic E-state index is 12.1. The number of alkyl halides is 1. The number of ketones is 1. The highest BCUT2D eigenvalue weighted by Gasteiger charge is 2.22. The largest absolute Gasteiger partial charge is 0.493 e. The zero-order valence-electron chi connectivity index (χ0n) is 11.1. The molecule has 18 heavy (non-hydrogen) atoms. The van der Waals surface area contributed by atoms with Crippen molar-refractivity contribution < 1.29 is 9.53 Å². The van der Waals surface area contributed by atoms with Crippen LogP contribution in [0.25, 0.3) is 0 Å². The Morgan fingerprint density at radius 1 is 1.33 bits per heavy atom. The van der Waals surface area contributed by atoms with E-state index in [9.17, 15) is 4.79 Å². The number of rotatable bonds is 5. The highest BCUT2D eigenvalue weighted by Crippen LogP contribution is 2.34. The van der Waals surface area contributed by atoms with Crippen molar-refractivity contribution in [3.63, 3.8) is 0 Å². The Morgan fingerprint density at radius 3 is 2.39 bits per heavy atom. The Balaban J connectivity index is 3.43. The van der Waals surface area contributed by atoms with Gasteiger partial charge in [-0.2, -0.15) is 0 Å². The van der Waals surface area contributed by atoms with Crippen molar-refractivity contribution in [2.45, 2.75) is 39.0 Å². The zero-order valence-corrected chi connectivity index (χ0v) is 12.6. The van der Waals surface area contributed by atoms with Gasteiger partial charge in [-0.3, -0.25) is 4.79 Å². The van der Waals surface area contributed by atoms with Crippen LogP contribution in [0.1, 0.15) is 49.5 Å². The summed E-state index contributed by atoms with van der Waals surface area (Å²) < 4.78 is 5.62. The average Bonchev–Trinajstić information content (AvgIpc) is 2.29. The van der Waals surface area contributed by atoms with Crippen molar-refractivity contribution in [2.24, 2.45) is 0 Å². The molecule has 1 rings (SSSR count). The van der Waals surface area contributed by atoms with Gasteiger partial charge in [0.25, 0.3) is 0 Å². The van der Waals surface area contributed by atoms with E-state index in [0.29, 0.717) is 22.9 Å². The lowest BCUT2D eigenvalue weighted by Crippen LogP contribution is -2.14. The third kappa shape index (κ3) is 3.39. The Hall–Kier alpha value is -0.730. The minimum atomic E-state index is -0.595. The van der Waals surface area contributed by atoms with Crippen LogP contribution in [0, 0.1) is 0 Å². The number of hydrogen-bond acceptors (Lipinski definition) is 2. The SMILES string of the molecule is CCOc1c(C(=O)C(C)Cl)cc(Cl)cc1C(C)C. The summed E-state index contributed by atoms with van der Waals surface area (Å²) in [5, 5.41) is -0.0643. The smallest absolute Gasteiger partial charge is 0.184 e. The topological polar surface area (TPSA) is 26.3 Å². The molecule has 1 aromatic rings. The Kier molecular flexibility index (Phi) is 5.48. The van der Waals surface area contributed by atoms with E-state index in [2.05, 4.69) is 0 Å². The van der Waals surface area contributed by atoms with E-state index < -0.39 is 5.38 Å². The molecule has 0 aliphatic carbocycles. The molecule has 0 saturated heterocycles. The molecule has 0 fully saturated rings.